The molecule has 2 heteroatoms. The summed E-state index contributed by atoms with van der Waals surface area (Å²) in [6.45, 7) is 10.7. The number of rotatable bonds is 13. The van der Waals surface area contributed by atoms with Crippen LogP contribution in [0, 0.1) is 11.8 Å². The molecule has 0 aromatic carbocycles. The first-order valence-electron chi connectivity index (χ1n) is 8.34. The van der Waals surface area contributed by atoms with Gasteiger partial charge < -0.3 is 4.90 Å². The van der Waals surface area contributed by atoms with Crippen LogP contribution < -0.4 is 0 Å². The summed E-state index contributed by atoms with van der Waals surface area (Å²) in [5.74, 6) is 1.31. The fourth-order valence-corrected chi connectivity index (χ4v) is 2.61. The molecule has 0 spiro atoms. The molecule has 0 rings (SSSR count). The molecule has 0 heterocycles. The summed E-state index contributed by atoms with van der Waals surface area (Å²) in [6, 6.07) is 0. The van der Waals surface area contributed by atoms with E-state index in [-0.39, 0.29) is 0 Å². The zero-order valence-electron chi connectivity index (χ0n) is 13.6. The largest absolute Gasteiger partial charge is 0.334 e. The fourth-order valence-electron chi connectivity index (χ4n) is 2.61. The maximum absolute atomic E-state index is 11.2. The highest BCUT2D eigenvalue weighted by atomic mass is 16.1. The second kappa shape index (κ2) is 12.5. The first kappa shape index (κ1) is 18.5. The van der Waals surface area contributed by atoms with Crippen LogP contribution in [0.1, 0.15) is 79.1 Å². The number of amides is 1. The molecular formula is C17H34NO. The van der Waals surface area contributed by atoms with Gasteiger partial charge in [0.2, 0.25) is 0 Å². The molecule has 1 amide bonds. The van der Waals surface area contributed by atoms with E-state index in [0.29, 0.717) is 11.8 Å². The molecule has 0 aromatic rings. The van der Waals surface area contributed by atoms with E-state index < -0.39 is 0 Å². The van der Waals surface area contributed by atoms with Gasteiger partial charge in [0.1, 0.15) is 0 Å². The Morgan fingerprint density at radius 2 is 1.26 bits per heavy atom. The van der Waals surface area contributed by atoms with Crippen LogP contribution in [0.3, 0.4) is 0 Å². The van der Waals surface area contributed by atoms with E-state index in [2.05, 4.69) is 34.1 Å². The normalized spacial score (nSPS) is 14.1. The van der Waals surface area contributed by atoms with E-state index >= 15 is 0 Å². The van der Waals surface area contributed by atoms with Gasteiger partial charge in [-0.25, -0.2) is 0 Å². The third-order valence-electron chi connectivity index (χ3n) is 4.17. The highest BCUT2D eigenvalue weighted by Crippen LogP contribution is 2.17. The molecule has 2 atom stereocenters. The van der Waals surface area contributed by atoms with Crippen molar-refractivity contribution < 1.29 is 4.79 Å². The van der Waals surface area contributed by atoms with Crippen LogP contribution in [0.2, 0.25) is 0 Å². The van der Waals surface area contributed by atoms with E-state index in [9.17, 15) is 4.79 Å². The summed E-state index contributed by atoms with van der Waals surface area (Å²) >= 11 is 0. The van der Waals surface area contributed by atoms with Crippen LogP contribution in [0.4, 0.5) is 0 Å². The number of hydrogen-bond donors (Lipinski definition) is 0. The third-order valence-corrected chi connectivity index (χ3v) is 4.17. The molecule has 0 N–H and O–H groups in total. The van der Waals surface area contributed by atoms with Crippen molar-refractivity contribution in [2.24, 2.45) is 11.8 Å². The van der Waals surface area contributed by atoms with Gasteiger partial charge in [0, 0.05) is 13.1 Å². The number of hydrogen-bond acceptors (Lipinski definition) is 1. The van der Waals surface area contributed by atoms with E-state index in [4.69, 9.17) is 0 Å². The van der Waals surface area contributed by atoms with Crippen molar-refractivity contribution in [2.45, 2.75) is 79.1 Å². The van der Waals surface area contributed by atoms with Crippen LogP contribution in [-0.4, -0.2) is 24.4 Å². The van der Waals surface area contributed by atoms with Gasteiger partial charge in [-0.1, -0.05) is 66.2 Å². The standard InChI is InChI=1S/C17H34NO/c1-5-9-11-16(7-3)13-18(15-19)14-17(8-4)12-10-6-2/h16-17H,5-14H2,1-4H3. The highest BCUT2D eigenvalue weighted by Gasteiger charge is 2.15. The van der Waals surface area contributed by atoms with Crippen molar-refractivity contribution in [3.8, 4) is 0 Å². The lowest BCUT2D eigenvalue weighted by Crippen LogP contribution is -2.32. The smallest absolute Gasteiger partial charge is 0.312 e. The lowest BCUT2D eigenvalue weighted by atomic mass is 9.96. The van der Waals surface area contributed by atoms with Crippen LogP contribution in [0.15, 0.2) is 0 Å². The summed E-state index contributed by atoms with van der Waals surface area (Å²) in [5.41, 5.74) is 0. The zero-order chi connectivity index (χ0) is 14.5. The second-order valence-corrected chi connectivity index (χ2v) is 5.83. The van der Waals surface area contributed by atoms with Gasteiger partial charge in [-0.3, -0.25) is 4.79 Å². The van der Waals surface area contributed by atoms with Gasteiger partial charge >= 0.3 is 6.41 Å². The van der Waals surface area contributed by atoms with Crippen molar-refractivity contribution >= 4 is 6.41 Å². The molecule has 0 bridgehead atoms. The predicted molar refractivity (Wildman–Crippen MR) is 83.9 cm³/mol. The summed E-state index contributed by atoms with van der Waals surface area (Å²) in [5, 5.41) is 0. The topological polar surface area (TPSA) is 20.3 Å². The lowest BCUT2D eigenvalue weighted by molar-refractivity contribution is 0.253. The van der Waals surface area contributed by atoms with Gasteiger partial charge in [-0.15, -0.1) is 0 Å². The van der Waals surface area contributed by atoms with Gasteiger partial charge in [0.05, 0.1) is 0 Å². The molecule has 1 radical (unpaired) electrons. The molecule has 2 unspecified atom stereocenters. The highest BCUT2D eigenvalue weighted by molar-refractivity contribution is 5.48. The van der Waals surface area contributed by atoms with Crippen LogP contribution >= 0.6 is 0 Å². The predicted octanol–water partition coefficient (Wildman–Crippen LogP) is 4.79. The summed E-state index contributed by atoms with van der Waals surface area (Å²) in [7, 11) is 0. The third kappa shape index (κ3) is 9.07. The minimum absolute atomic E-state index is 0.657. The number of unbranched alkanes of at least 4 members (excludes halogenated alkanes) is 2. The van der Waals surface area contributed by atoms with Crippen molar-refractivity contribution in [2.75, 3.05) is 13.1 Å². The second-order valence-electron chi connectivity index (χ2n) is 5.83. The maximum atomic E-state index is 11.2. The summed E-state index contributed by atoms with van der Waals surface area (Å²) in [6.07, 6.45) is 12.0. The summed E-state index contributed by atoms with van der Waals surface area (Å²) in [4.78, 5) is 13.1. The number of nitrogens with zero attached hydrogens (tertiary/aromatic N) is 1. The maximum Gasteiger partial charge on any atom is 0.312 e. The Morgan fingerprint density at radius 3 is 1.53 bits per heavy atom. The van der Waals surface area contributed by atoms with E-state index in [1.54, 1.807) is 0 Å². The molecular weight excluding hydrogens is 234 g/mol. The molecule has 0 saturated carbocycles. The summed E-state index contributed by atoms with van der Waals surface area (Å²) < 4.78 is 0. The molecule has 0 aliphatic heterocycles. The monoisotopic (exact) mass is 268 g/mol. The minimum Gasteiger partial charge on any atom is -0.334 e. The average Bonchev–Trinajstić information content (AvgIpc) is 2.45. The Labute approximate surface area is 120 Å². The van der Waals surface area contributed by atoms with Crippen LogP contribution in [-0.2, 0) is 4.79 Å². The zero-order valence-corrected chi connectivity index (χ0v) is 13.6. The molecule has 0 aromatic heterocycles. The quantitative estimate of drug-likeness (QED) is 0.440. The molecule has 0 saturated heterocycles. The fraction of sp³-hybridized carbons (Fsp3) is 0.941. The number of carbonyl (C=O) groups excluding carboxylic acids is 1. The minimum atomic E-state index is 0.657. The molecule has 113 valence electrons. The Hall–Kier alpha value is -0.530. The Kier molecular flexibility index (Phi) is 12.2. The van der Waals surface area contributed by atoms with Crippen LogP contribution in [0.5, 0.6) is 0 Å². The van der Waals surface area contributed by atoms with Crippen molar-refractivity contribution in [3.63, 3.8) is 0 Å². The van der Waals surface area contributed by atoms with Gasteiger partial charge in [0.15, 0.2) is 0 Å². The van der Waals surface area contributed by atoms with Crippen LogP contribution in [0.25, 0.3) is 0 Å². The van der Waals surface area contributed by atoms with Gasteiger partial charge in [-0.2, -0.15) is 0 Å². The van der Waals surface area contributed by atoms with Gasteiger partial charge in [-0.05, 0) is 24.7 Å². The average molecular weight is 268 g/mol. The molecule has 0 fully saturated rings. The molecule has 2 nitrogen and oxygen atoms in total. The lowest BCUT2D eigenvalue weighted by Gasteiger charge is -2.26. The van der Waals surface area contributed by atoms with E-state index in [1.165, 1.54) is 51.4 Å². The van der Waals surface area contributed by atoms with Gasteiger partial charge in [0.25, 0.3) is 0 Å². The molecule has 0 aliphatic carbocycles. The first-order chi connectivity index (χ1) is 9.21. The van der Waals surface area contributed by atoms with Crippen molar-refractivity contribution in [1.29, 1.82) is 0 Å². The Balaban J connectivity index is 4.18. The first-order valence-corrected chi connectivity index (χ1v) is 8.34. The van der Waals surface area contributed by atoms with E-state index in [1.807, 2.05) is 4.90 Å². The van der Waals surface area contributed by atoms with E-state index in [0.717, 1.165) is 13.1 Å². The molecule has 19 heavy (non-hydrogen) atoms. The molecule has 0 aliphatic rings. The SMILES string of the molecule is CCCCC(CC)CN([C]=O)CC(CC)CCCC. The van der Waals surface area contributed by atoms with Crippen molar-refractivity contribution in [3.05, 3.63) is 0 Å². The van der Waals surface area contributed by atoms with Crippen molar-refractivity contribution in [1.82, 2.24) is 4.90 Å². The Bertz CT molecular complexity index is 187. The Morgan fingerprint density at radius 1 is 0.842 bits per heavy atom.